The van der Waals surface area contributed by atoms with Gasteiger partial charge < -0.3 is 15.8 Å². The highest BCUT2D eigenvalue weighted by Gasteiger charge is 2.18. The van der Waals surface area contributed by atoms with E-state index in [2.05, 4.69) is 10.3 Å². The minimum Gasteiger partial charge on any atom is -0.396 e. The van der Waals surface area contributed by atoms with Crippen LogP contribution in [0.3, 0.4) is 0 Å². The zero-order valence-electron chi connectivity index (χ0n) is 11.0. The van der Waals surface area contributed by atoms with Crippen LogP contribution in [-0.2, 0) is 4.74 Å². The van der Waals surface area contributed by atoms with Crippen molar-refractivity contribution < 1.29 is 9.53 Å². The second kappa shape index (κ2) is 5.99. The van der Waals surface area contributed by atoms with Crippen LogP contribution in [0.15, 0.2) is 18.3 Å². The van der Waals surface area contributed by atoms with Gasteiger partial charge in [-0.05, 0) is 25.5 Å². The summed E-state index contributed by atoms with van der Waals surface area (Å²) in [6.45, 7) is 2.56. The Balaban J connectivity index is 2.15. The first-order valence-corrected chi connectivity index (χ1v) is 6.88. The van der Waals surface area contributed by atoms with Gasteiger partial charge in [-0.25, -0.2) is 0 Å². The maximum atomic E-state index is 12.2. The normalized spacial score (nSPS) is 12.5. The number of carbonyl (C=O) groups is 1. The van der Waals surface area contributed by atoms with Gasteiger partial charge in [-0.15, -0.1) is 11.3 Å². The van der Waals surface area contributed by atoms with Crippen LogP contribution in [0.4, 0.5) is 5.69 Å². The molecular formula is C13H17N3O2S. The number of anilines is 1. The molecule has 0 bridgehead atoms. The van der Waals surface area contributed by atoms with Crippen LogP contribution in [0.5, 0.6) is 0 Å². The molecule has 2 aromatic rings. The van der Waals surface area contributed by atoms with Crippen molar-refractivity contribution in [2.75, 3.05) is 19.5 Å². The zero-order chi connectivity index (χ0) is 13.8. The van der Waals surface area contributed by atoms with Crippen molar-refractivity contribution in [1.82, 2.24) is 10.3 Å². The van der Waals surface area contributed by atoms with Gasteiger partial charge in [-0.2, -0.15) is 0 Å². The molecule has 1 amide bonds. The Kier molecular flexibility index (Phi) is 4.34. The summed E-state index contributed by atoms with van der Waals surface area (Å²) in [5.74, 6) is -0.149. The largest absolute Gasteiger partial charge is 0.396 e. The molecule has 6 heteroatoms. The lowest BCUT2D eigenvalue weighted by molar-refractivity contribution is 0.0934. The van der Waals surface area contributed by atoms with Gasteiger partial charge in [-0.1, -0.05) is 0 Å². The Morgan fingerprint density at radius 2 is 2.42 bits per heavy atom. The van der Waals surface area contributed by atoms with Crippen molar-refractivity contribution >= 4 is 33.1 Å². The number of methoxy groups -OCH3 is 1. The molecule has 2 rings (SSSR count). The zero-order valence-corrected chi connectivity index (χ0v) is 11.8. The third-order valence-electron chi connectivity index (χ3n) is 2.82. The van der Waals surface area contributed by atoms with E-state index in [9.17, 15) is 4.79 Å². The van der Waals surface area contributed by atoms with Gasteiger partial charge in [0.25, 0.3) is 5.91 Å². The van der Waals surface area contributed by atoms with Crippen LogP contribution >= 0.6 is 11.3 Å². The standard InChI is InChI=1S/C13H17N3O2S/c1-8(5-7-18-2)16-13(17)12-10(14)11-9(19-12)4-3-6-15-11/h3-4,6,8H,5,7,14H2,1-2H3,(H,16,17). The SMILES string of the molecule is COCCC(C)NC(=O)c1sc2cccnc2c1N. The van der Waals surface area contributed by atoms with Crippen molar-refractivity contribution in [3.05, 3.63) is 23.2 Å². The van der Waals surface area contributed by atoms with Crippen LogP contribution in [-0.4, -0.2) is 30.6 Å². The lowest BCUT2D eigenvalue weighted by Gasteiger charge is -2.12. The molecule has 1 atom stereocenters. The Bertz CT molecular complexity index is 582. The summed E-state index contributed by atoms with van der Waals surface area (Å²) in [7, 11) is 1.64. The third-order valence-corrected chi connectivity index (χ3v) is 3.98. The van der Waals surface area contributed by atoms with Gasteiger partial charge in [-0.3, -0.25) is 9.78 Å². The number of fused-ring (bicyclic) bond motifs is 1. The number of hydrogen-bond acceptors (Lipinski definition) is 5. The number of nitrogens with zero attached hydrogens (tertiary/aromatic N) is 1. The number of nitrogens with two attached hydrogens (primary N) is 1. The van der Waals surface area contributed by atoms with Gasteiger partial charge in [0.2, 0.25) is 0 Å². The maximum Gasteiger partial charge on any atom is 0.263 e. The van der Waals surface area contributed by atoms with Crippen molar-refractivity contribution in [3.8, 4) is 0 Å². The fourth-order valence-corrected chi connectivity index (χ4v) is 2.76. The first-order valence-electron chi connectivity index (χ1n) is 6.06. The van der Waals surface area contributed by atoms with Crippen LogP contribution in [0, 0.1) is 0 Å². The van der Waals surface area contributed by atoms with E-state index in [0.29, 0.717) is 22.7 Å². The Hall–Kier alpha value is -1.66. The summed E-state index contributed by atoms with van der Waals surface area (Å²) in [5.41, 5.74) is 7.13. The summed E-state index contributed by atoms with van der Waals surface area (Å²) in [6, 6.07) is 3.79. The van der Waals surface area contributed by atoms with E-state index in [1.54, 1.807) is 13.3 Å². The number of pyridine rings is 1. The summed E-state index contributed by atoms with van der Waals surface area (Å²) >= 11 is 1.37. The average Bonchev–Trinajstić information content (AvgIpc) is 2.74. The topological polar surface area (TPSA) is 77.2 Å². The fraction of sp³-hybridized carbons (Fsp3) is 0.385. The van der Waals surface area contributed by atoms with Gasteiger partial charge in [0.1, 0.15) is 10.4 Å². The second-order valence-electron chi connectivity index (χ2n) is 4.35. The first kappa shape index (κ1) is 13.8. The monoisotopic (exact) mass is 279 g/mol. The maximum absolute atomic E-state index is 12.2. The number of thiophene rings is 1. The van der Waals surface area contributed by atoms with Crippen molar-refractivity contribution in [3.63, 3.8) is 0 Å². The van der Waals surface area contributed by atoms with Gasteiger partial charge in [0, 0.05) is 26.0 Å². The van der Waals surface area contributed by atoms with Crippen LogP contribution in [0.2, 0.25) is 0 Å². The molecule has 0 aliphatic carbocycles. The predicted molar refractivity (Wildman–Crippen MR) is 77.5 cm³/mol. The molecule has 0 aromatic carbocycles. The number of ether oxygens (including phenoxy) is 1. The van der Waals surface area contributed by atoms with E-state index in [0.717, 1.165) is 11.1 Å². The van der Waals surface area contributed by atoms with Crippen LogP contribution < -0.4 is 11.1 Å². The second-order valence-corrected chi connectivity index (χ2v) is 5.40. The number of carbonyl (C=O) groups excluding carboxylic acids is 1. The Labute approximate surface area is 115 Å². The molecule has 0 spiro atoms. The van der Waals surface area contributed by atoms with E-state index in [1.165, 1.54) is 11.3 Å². The van der Waals surface area contributed by atoms with Crippen LogP contribution in [0.1, 0.15) is 23.0 Å². The minimum absolute atomic E-state index is 0.0463. The van der Waals surface area contributed by atoms with E-state index in [-0.39, 0.29) is 11.9 Å². The molecular weight excluding hydrogens is 262 g/mol. The fourth-order valence-electron chi connectivity index (χ4n) is 1.77. The molecule has 0 fully saturated rings. The summed E-state index contributed by atoms with van der Waals surface area (Å²) in [4.78, 5) is 16.9. The highest BCUT2D eigenvalue weighted by atomic mass is 32.1. The van der Waals surface area contributed by atoms with Gasteiger partial charge in [0.15, 0.2) is 0 Å². The van der Waals surface area contributed by atoms with Crippen molar-refractivity contribution in [2.24, 2.45) is 0 Å². The van der Waals surface area contributed by atoms with Crippen LogP contribution in [0.25, 0.3) is 10.2 Å². The van der Waals surface area contributed by atoms with Gasteiger partial charge in [0.05, 0.1) is 10.4 Å². The summed E-state index contributed by atoms with van der Waals surface area (Å²) < 4.78 is 5.91. The molecule has 102 valence electrons. The number of amides is 1. The minimum atomic E-state index is -0.149. The average molecular weight is 279 g/mol. The number of aromatic nitrogens is 1. The molecule has 19 heavy (non-hydrogen) atoms. The predicted octanol–water partition coefficient (Wildman–Crippen LogP) is 2.03. The molecule has 0 radical (unpaired) electrons. The molecule has 0 saturated carbocycles. The number of nitrogen functional groups attached to an aromatic ring is 1. The number of nitrogens with one attached hydrogen (secondary N) is 1. The molecule has 0 aliphatic rings. The lowest BCUT2D eigenvalue weighted by atomic mass is 10.2. The van der Waals surface area contributed by atoms with E-state index >= 15 is 0 Å². The molecule has 1 unspecified atom stereocenters. The number of hydrogen-bond donors (Lipinski definition) is 2. The summed E-state index contributed by atoms with van der Waals surface area (Å²) in [5, 5.41) is 2.92. The van der Waals surface area contributed by atoms with Crippen molar-refractivity contribution in [1.29, 1.82) is 0 Å². The quantitative estimate of drug-likeness (QED) is 0.878. The van der Waals surface area contributed by atoms with Gasteiger partial charge >= 0.3 is 0 Å². The first-order chi connectivity index (χ1) is 9.13. The van der Waals surface area contributed by atoms with E-state index in [1.807, 2.05) is 19.1 Å². The Morgan fingerprint density at radius 1 is 1.63 bits per heavy atom. The Morgan fingerprint density at radius 3 is 3.11 bits per heavy atom. The molecule has 2 heterocycles. The molecule has 0 saturated heterocycles. The van der Waals surface area contributed by atoms with E-state index < -0.39 is 0 Å². The number of rotatable bonds is 5. The highest BCUT2D eigenvalue weighted by Crippen LogP contribution is 2.31. The van der Waals surface area contributed by atoms with Crippen molar-refractivity contribution in [2.45, 2.75) is 19.4 Å². The molecule has 0 aliphatic heterocycles. The third kappa shape index (κ3) is 3.02. The lowest BCUT2D eigenvalue weighted by Crippen LogP contribution is -2.33. The molecule has 2 aromatic heterocycles. The molecule has 3 N–H and O–H groups in total. The summed E-state index contributed by atoms with van der Waals surface area (Å²) in [6.07, 6.45) is 2.44. The van der Waals surface area contributed by atoms with E-state index in [4.69, 9.17) is 10.5 Å². The highest BCUT2D eigenvalue weighted by molar-refractivity contribution is 7.21. The molecule has 5 nitrogen and oxygen atoms in total. The smallest absolute Gasteiger partial charge is 0.263 e.